The summed E-state index contributed by atoms with van der Waals surface area (Å²) in [5, 5.41) is 8.29. The second kappa shape index (κ2) is 8.75. The first-order chi connectivity index (χ1) is 17.5. The maximum Gasteiger partial charge on any atom is 0.226 e. The molecule has 2 aromatic carbocycles. The lowest BCUT2D eigenvalue weighted by Crippen LogP contribution is -2.36. The number of ketones is 1. The molecule has 0 fully saturated rings. The topological polar surface area (TPSA) is 81.9 Å². The fraction of sp³-hybridized carbons (Fsp3) is 0.241. The van der Waals surface area contributed by atoms with Crippen LogP contribution >= 0.6 is 0 Å². The Hall–Kier alpha value is -4.26. The van der Waals surface area contributed by atoms with Crippen LogP contribution in [0.5, 0.6) is 5.75 Å². The van der Waals surface area contributed by atoms with Gasteiger partial charge in [0, 0.05) is 35.6 Å². The van der Waals surface area contributed by atoms with E-state index in [0.717, 1.165) is 40.1 Å². The molecule has 0 amide bonds. The molecule has 2 aliphatic rings. The lowest BCUT2D eigenvalue weighted by atomic mass is 9.73. The zero-order chi connectivity index (χ0) is 24.7. The molecule has 7 nitrogen and oxygen atoms in total. The van der Waals surface area contributed by atoms with Crippen molar-refractivity contribution in [1.82, 2.24) is 19.7 Å². The van der Waals surface area contributed by atoms with Crippen molar-refractivity contribution in [2.75, 3.05) is 5.32 Å². The number of fused-ring (bicyclic) bond motifs is 1. The number of aromatic nitrogens is 4. The number of nitrogens with one attached hydrogen (secondary N) is 1. The minimum absolute atomic E-state index is 0.121. The number of allylic oxidation sites excluding steroid dienone is 2. The van der Waals surface area contributed by atoms with Gasteiger partial charge >= 0.3 is 0 Å². The highest BCUT2D eigenvalue weighted by molar-refractivity contribution is 6.00. The molecule has 1 aliphatic carbocycles. The van der Waals surface area contributed by atoms with Crippen molar-refractivity contribution < 1.29 is 9.53 Å². The molecule has 1 atom stereocenters. The second-order valence-corrected chi connectivity index (χ2v) is 10.1. The fourth-order valence-corrected chi connectivity index (χ4v) is 5.06. The van der Waals surface area contributed by atoms with Gasteiger partial charge in [-0.1, -0.05) is 56.3 Å². The summed E-state index contributed by atoms with van der Waals surface area (Å²) < 4.78 is 7.95. The maximum atomic E-state index is 13.5. The number of hydrogen-bond acceptors (Lipinski definition) is 6. The first-order valence-corrected chi connectivity index (χ1v) is 12.1. The highest BCUT2D eigenvalue weighted by Gasteiger charge is 2.42. The molecule has 1 N–H and O–H groups in total. The van der Waals surface area contributed by atoms with Crippen LogP contribution in [0.15, 0.2) is 90.4 Å². The van der Waals surface area contributed by atoms with E-state index in [4.69, 9.17) is 14.8 Å². The standard InChI is InChI=1S/C29H27N5O2/c1-29(2)16-23-25(24(35)17-29)26(34-28(31-23)32-27(33-34)20-11-13-30-14-12-20)21-9-6-10-22(15-21)36-18-19-7-4-3-5-8-19/h3-15,26H,16-18H2,1-2H3,(H,31,32,33). The molecular weight excluding hydrogens is 450 g/mol. The van der Waals surface area contributed by atoms with Gasteiger partial charge in [-0.15, -0.1) is 5.10 Å². The van der Waals surface area contributed by atoms with Crippen LogP contribution in [-0.2, 0) is 11.4 Å². The zero-order valence-corrected chi connectivity index (χ0v) is 20.3. The average Bonchev–Trinajstić information content (AvgIpc) is 3.30. The molecule has 180 valence electrons. The minimum atomic E-state index is -0.386. The Balaban J connectivity index is 1.42. The molecule has 0 radical (unpaired) electrons. The van der Waals surface area contributed by atoms with Crippen LogP contribution < -0.4 is 10.1 Å². The zero-order valence-electron chi connectivity index (χ0n) is 20.3. The Morgan fingerprint density at radius 2 is 1.83 bits per heavy atom. The van der Waals surface area contributed by atoms with Crippen molar-refractivity contribution in [3.8, 4) is 17.1 Å². The molecule has 36 heavy (non-hydrogen) atoms. The van der Waals surface area contributed by atoms with Gasteiger partial charge in [-0.3, -0.25) is 9.78 Å². The lowest BCUT2D eigenvalue weighted by molar-refractivity contribution is -0.118. The van der Waals surface area contributed by atoms with E-state index < -0.39 is 0 Å². The number of benzene rings is 2. The smallest absolute Gasteiger partial charge is 0.226 e. The van der Waals surface area contributed by atoms with E-state index in [0.29, 0.717) is 24.8 Å². The predicted octanol–water partition coefficient (Wildman–Crippen LogP) is 5.58. The summed E-state index contributed by atoms with van der Waals surface area (Å²) in [5.74, 6) is 2.11. The third kappa shape index (κ3) is 4.17. The number of rotatable bonds is 5. The van der Waals surface area contributed by atoms with Crippen LogP contribution in [0.2, 0.25) is 0 Å². The number of pyridine rings is 1. The predicted molar refractivity (Wildman–Crippen MR) is 137 cm³/mol. The van der Waals surface area contributed by atoms with Crippen molar-refractivity contribution in [1.29, 1.82) is 0 Å². The van der Waals surface area contributed by atoms with Crippen molar-refractivity contribution in [2.24, 2.45) is 5.41 Å². The van der Waals surface area contributed by atoms with Crippen LogP contribution in [0.4, 0.5) is 5.95 Å². The molecule has 1 unspecified atom stereocenters. The van der Waals surface area contributed by atoms with Crippen molar-refractivity contribution >= 4 is 11.7 Å². The van der Waals surface area contributed by atoms with E-state index in [1.54, 1.807) is 12.4 Å². The van der Waals surface area contributed by atoms with Crippen molar-refractivity contribution in [2.45, 2.75) is 39.3 Å². The van der Waals surface area contributed by atoms with Crippen LogP contribution in [0.25, 0.3) is 11.4 Å². The van der Waals surface area contributed by atoms with E-state index >= 15 is 0 Å². The van der Waals surface area contributed by atoms with Gasteiger partial charge in [-0.2, -0.15) is 4.98 Å². The van der Waals surface area contributed by atoms with Crippen LogP contribution in [0.1, 0.15) is 43.9 Å². The highest BCUT2D eigenvalue weighted by Crippen LogP contribution is 2.46. The Morgan fingerprint density at radius 1 is 1.03 bits per heavy atom. The number of nitrogens with zero attached hydrogens (tertiary/aromatic N) is 4. The van der Waals surface area contributed by atoms with E-state index in [2.05, 4.69) is 24.1 Å². The lowest BCUT2D eigenvalue weighted by Gasteiger charge is -2.38. The van der Waals surface area contributed by atoms with Gasteiger partial charge in [0.05, 0.1) is 0 Å². The van der Waals surface area contributed by atoms with Gasteiger partial charge in [0.2, 0.25) is 5.95 Å². The third-order valence-corrected chi connectivity index (χ3v) is 6.69. The molecule has 2 aromatic heterocycles. The number of ether oxygens (including phenoxy) is 1. The monoisotopic (exact) mass is 477 g/mol. The summed E-state index contributed by atoms with van der Waals surface area (Å²) >= 11 is 0. The summed E-state index contributed by atoms with van der Waals surface area (Å²) in [6, 6.07) is 21.4. The van der Waals surface area contributed by atoms with Gasteiger partial charge in [0.1, 0.15) is 18.4 Å². The van der Waals surface area contributed by atoms with E-state index in [1.807, 2.05) is 71.4 Å². The highest BCUT2D eigenvalue weighted by atomic mass is 16.5. The molecule has 7 heteroatoms. The van der Waals surface area contributed by atoms with Crippen LogP contribution in [-0.4, -0.2) is 25.5 Å². The van der Waals surface area contributed by atoms with Gasteiger partial charge < -0.3 is 10.1 Å². The number of hydrogen-bond donors (Lipinski definition) is 1. The Kier molecular flexibility index (Phi) is 5.40. The summed E-state index contributed by atoms with van der Waals surface area (Å²) in [4.78, 5) is 22.4. The molecule has 0 saturated carbocycles. The molecule has 0 saturated heterocycles. The average molecular weight is 478 g/mol. The summed E-state index contributed by atoms with van der Waals surface area (Å²) in [6.07, 6.45) is 4.72. The number of anilines is 1. The van der Waals surface area contributed by atoms with Crippen LogP contribution in [0, 0.1) is 5.41 Å². The fourth-order valence-electron chi connectivity index (χ4n) is 5.06. The molecule has 0 bridgehead atoms. The summed E-state index contributed by atoms with van der Waals surface area (Å²) in [7, 11) is 0. The first kappa shape index (κ1) is 22.2. The quantitative estimate of drug-likeness (QED) is 0.404. The number of carbonyl (C=O) groups excluding carboxylic acids is 1. The van der Waals surface area contributed by atoms with Gasteiger partial charge in [-0.25, -0.2) is 4.68 Å². The van der Waals surface area contributed by atoms with E-state index in [9.17, 15) is 4.79 Å². The van der Waals surface area contributed by atoms with Crippen LogP contribution in [0.3, 0.4) is 0 Å². The SMILES string of the molecule is CC1(C)CC(=O)C2=C(C1)Nc1nc(-c3ccncc3)nn1C2c1cccc(OCc2ccccc2)c1. The molecule has 1 aliphatic heterocycles. The van der Waals surface area contributed by atoms with Gasteiger partial charge in [0.25, 0.3) is 0 Å². The van der Waals surface area contributed by atoms with Crippen molar-refractivity contribution in [3.05, 3.63) is 102 Å². The molecule has 0 spiro atoms. The normalized spacial score (nSPS) is 18.3. The van der Waals surface area contributed by atoms with Gasteiger partial charge in [0.15, 0.2) is 11.6 Å². The first-order valence-electron chi connectivity index (χ1n) is 12.1. The molecule has 4 aromatic rings. The largest absolute Gasteiger partial charge is 0.489 e. The van der Waals surface area contributed by atoms with Gasteiger partial charge in [-0.05, 0) is 47.2 Å². The second-order valence-electron chi connectivity index (χ2n) is 10.1. The summed E-state index contributed by atoms with van der Waals surface area (Å²) in [5.41, 5.74) is 4.47. The molecule has 6 rings (SSSR count). The summed E-state index contributed by atoms with van der Waals surface area (Å²) in [6.45, 7) is 4.73. The van der Waals surface area contributed by atoms with Crippen molar-refractivity contribution in [3.63, 3.8) is 0 Å². The molecule has 3 heterocycles. The Bertz CT molecular complexity index is 1460. The Morgan fingerprint density at radius 3 is 2.64 bits per heavy atom. The molecular formula is C29H27N5O2. The minimum Gasteiger partial charge on any atom is -0.489 e. The Labute approximate surface area is 209 Å². The number of carbonyl (C=O) groups is 1. The number of Topliss-reactive ketones (excluding diaryl/α,β-unsaturated/α-hetero) is 1. The van der Waals surface area contributed by atoms with E-state index in [-0.39, 0.29) is 17.2 Å². The van der Waals surface area contributed by atoms with E-state index in [1.165, 1.54) is 0 Å². The maximum absolute atomic E-state index is 13.5. The third-order valence-electron chi connectivity index (χ3n) is 6.69.